The first-order valence-corrected chi connectivity index (χ1v) is 9.52. The van der Waals surface area contributed by atoms with Crippen molar-refractivity contribution in [1.82, 2.24) is 0 Å². The van der Waals surface area contributed by atoms with Gasteiger partial charge in [0.2, 0.25) is 0 Å². The molecular weight excluding hydrogens is 321 g/mol. The second kappa shape index (κ2) is 9.95. The molecule has 0 spiro atoms. The molecule has 0 aromatic heterocycles. The number of allylic oxidation sites excluding steroid dienone is 6. The summed E-state index contributed by atoms with van der Waals surface area (Å²) < 4.78 is 6.08. The number of aliphatic hydroxyl groups excluding tert-OH is 1. The number of nitriles is 1. The second-order valence-electron chi connectivity index (χ2n) is 8.32. The van der Waals surface area contributed by atoms with E-state index in [1.54, 1.807) is 6.08 Å². The van der Waals surface area contributed by atoms with Crippen molar-refractivity contribution in [3.05, 3.63) is 49.1 Å². The zero-order valence-corrected chi connectivity index (χ0v) is 17.0. The molecule has 0 aromatic carbocycles. The largest absolute Gasteiger partial charge is 0.432 e. The van der Waals surface area contributed by atoms with Gasteiger partial charge in [0.1, 0.15) is 0 Å². The van der Waals surface area contributed by atoms with Crippen LogP contribution in [0.1, 0.15) is 41.0 Å². The van der Waals surface area contributed by atoms with Gasteiger partial charge in [-0.15, -0.1) is 6.58 Å². The Morgan fingerprint density at radius 2 is 2.04 bits per heavy atom. The molecule has 0 saturated heterocycles. The monoisotopic (exact) mass is 355 g/mol. The van der Waals surface area contributed by atoms with Crippen LogP contribution in [0.25, 0.3) is 0 Å². The van der Waals surface area contributed by atoms with Gasteiger partial charge in [-0.25, -0.2) is 0 Å². The van der Waals surface area contributed by atoms with Crippen LogP contribution in [0.2, 0.25) is 5.82 Å². The Kier molecular flexibility index (Phi) is 8.60. The van der Waals surface area contributed by atoms with Crippen LogP contribution in [-0.4, -0.2) is 24.3 Å². The summed E-state index contributed by atoms with van der Waals surface area (Å²) in [4.78, 5) is 0. The second-order valence-corrected chi connectivity index (χ2v) is 8.32. The molecular formula is C22H34BNO2. The van der Waals surface area contributed by atoms with Crippen molar-refractivity contribution in [3.8, 4) is 6.07 Å². The number of rotatable bonds is 9. The zero-order valence-electron chi connectivity index (χ0n) is 17.0. The molecule has 142 valence electrons. The number of aliphatic hydroxyl groups is 1. The third kappa shape index (κ3) is 6.30. The highest BCUT2D eigenvalue weighted by atomic mass is 16.5. The summed E-state index contributed by atoms with van der Waals surface area (Å²) in [5.74, 6) is 1.51. The predicted molar refractivity (Wildman–Crippen MR) is 111 cm³/mol. The molecule has 0 saturated carbocycles. The third-order valence-corrected chi connectivity index (χ3v) is 5.34. The fraction of sp³-hybridized carbons (Fsp3) is 0.591. The molecule has 26 heavy (non-hydrogen) atoms. The van der Waals surface area contributed by atoms with E-state index >= 15 is 0 Å². The number of hydrogen-bond acceptors (Lipinski definition) is 3. The Morgan fingerprint density at radius 3 is 2.58 bits per heavy atom. The predicted octanol–water partition coefficient (Wildman–Crippen LogP) is 4.59. The van der Waals surface area contributed by atoms with Gasteiger partial charge in [-0.2, -0.15) is 5.26 Å². The van der Waals surface area contributed by atoms with Gasteiger partial charge in [-0.05, 0) is 55.8 Å². The van der Waals surface area contributed by atoms with E-state index in [1.165, 1.54) is 0 Å². The average Bonchev–Trinajstić information content (AvgIpc) is 2.62. The molecule has 2 unspecified atom stereocenters. The summed E-state index contributed by atoms with van der Waals surface area (Å²) in [6.45, 7) is 17.8. The summed E-state index contributed by atoms with van der Waals surface area (Å²) in [6, 6.07) is 2.05. The van der Waals surface area contributed by atoms with Crippen LogP contribution in [0, 0.1) is 35.0 Å². The fourth-order valence-corrected chi connectivity index (χ4v) is 3.60. The van der Waals surface area contributed by atoms with Crippen LogP contribution in [0.3, 0.4) is 0 Å². The summed E-state index contributed by atoms with van der Waals surface area (Å²) in [5.41, 5.74) is -0.0834. The van der Waals surface area contributed by atoms with Gasteiger partial charge < -0.3 is 9.76 Å². The Labute approximate surface area is 160 Å². The smallest absolute Gasteiger partial charge is 0.282 e. The van der Waals surface area contributed by atoms with Crippen LogP contribution in [0.15, 0.2) is 49.1 Å². The standard InChI is InChI=1S/C22H34BNO2/c1-8-18-13-19(23-26-22(6,7)21(25)15(2)3)11-12-20(18)17(5)10-9-16(4)14-24/h8-12,15,17-21,23,25H,1,4,13H2,2-3,5-7H3/b10-9-/t17-,18?,19?,20-,21-/m1/s1. The van der Waals surface area contributed by atoms with Crippen LogP contribution < -0.4 is 0 Å². The van der Waals surface area contributed by atoms with Gasteiger partial charge in [0.25, 0.3) is 7.48 Å². The first kappa shape index (κ1) is 22.5. The first-order chi connectivity index (χ1) is 12.1. The molecule has 0 aliphatic heterocycles. The van der Waals surface area contributed by atoms with Gasteiger partial charge >= 0.3 is 0 Å². The highest BCUT2D eigenvalue weighted by Gasteiger charge is 2.33. The zero-order chi connectivity index (χ0) is 19.9. The Balaban J connectivity index is 2.72. The van der Waals surface area contributed by atoms with E-state index in [0.29, 0.717) is 36.6 Å². The van der Waals surface area contributed by atoms with E-state index in [9.17, 15) is 5.11 Å². The lowest BCUT2D eigenvalue weighted by molar-refractivity contribution is -0.0518. The maximum atomic E-state index is 10.3. The summed E-state index contributed by atoms with van der Waals surface area (Å²) in [7, 11) is 0.597. The molecule has 1 N–H and O–H groups in total. The maximum absolute atomic E-state index is 10.3. The van der Waals surface area contributed by atoms with Crippen LogP contribution >= 0.6 is 0 Å². The molecule has 3 nitrogen and oxygen atoms in total. The van der Waals surface area contributed by atoms with E-state index in [-0.39, 0.29) is 5.92 Å². The van der Waals surface area contributed by atoms with E-state index in [0.717, 1.165) is 6.42 Å². The average molecular weight is 355 g/mol. The quantitative estimate of drug-likeness (QED) is 0.285. The van der Waals surface area contributed by atoms with Crippen molar-refractivity contribution in [3.63, 3.8) is 0 Å². The van der Waals surface area contributed by atoms with E-state index < -0.39 is 11.7 Å². The molecule has 0 radical (unpaired) electrons. The van der Waals surface area contributed by atoms with E-state index in [1.807, 2.05) is 39.8 Å². The van der Waals surface area contributed by atoms with Gasteiger partial charge in [0.15, 0.2) is 0 Å². The molecule has 0 bridgehead atoms. The van der Waals surface area contributed by atoms with Crippen molar-refractivity contribution in [2.75, 3.05) is 0 Å². The lowest BCUT2D eigenvalue weighted by Crippen LogP contribution is -2.44. The maximum Gasteiger partial charge on any atom is 0.282 e. The summed E-state index contributed by atoms with van der Waals surface area (Å²) in [6.07, 6.45) is 10.8. The summed E-state index contributed by atoms with van der Waals surface area (Å²) >= 11 is 0. The number of hydrogen-bond donors (Lipinski definition) is 1. The molecule has 5 atom stereocenters. The minimum absolute atomic E-state index is 0.160. The molecule has 0 fully saturated rings. The van der Waals surface area contributed by atoms with Crippen molar-refractivity contribution >= 4 is 7.48 Å². The molecule has 0 aromatic rings. The lowest BCUT2D eigenvalue weighted by Gasteiger charge is -2.36. The summed E-state index contributed by atoms with van der Waals surface area (Å²) in [5, 5.41) is 19.2. The van der Waals surface area contributed by atoms with Crippen molar-refractivity contribution in [2.24, 2.45) is 23.7 Å². The van der Waals surface area contributed by atoms with Gasteiger partial charge in [0, 0.05) is 5.57 Å². The molecule has 1 aliphatic rings. The normalized spacial score (nSPS) is 25.7. The SMILES string of the molecule is C=CC1CC(BOC(C)(C)[C@H](O)C(C)C)C=C[C@@H]1[C@H](C)/C=C\C(=C)C#N. The highest BCUT2D eigenvalue weighted by molar-refractivity contribution is 6.30. The minimum atomic E-state index is -0.559. The minimum Gasteiger partial charge on any atom is -0.432 e. The van der Waals surface area contributed by atoms with Crippen molar-refractivity contribution in [2.45, 2.75) is 58.6 Å². The van der Waals surface area contributed by atoms with Gasteiger partial charge in [-0.3, -0.25) is 0 Å². The molecule has 1 aliphatic carbocycles. The molecule has 1 rings (SSSR count). The molecule has 0 amide bonds. The first-order valence-electron chi connectivity index (χ1n) is 9.52. The van der Waals surface area contributed by atoms with Crippen LogP contribution in [0.4, 0.5) is 0 Å². The lowest BCUT2D eigenvalue weighted by atomic mass is 9.65. The topological polar surface area (TPSA) is 53.2 Å². The van der Waals surface area contributed by atoms with Crippen LogP contribution in [0.5, 0.6) is 0 Å². The van der Waals surface area contributed by atoms with Gasteiger partial charge in [0.05, 0.1) is 17.8 Å². The Bertz CT molecular complexity index is 585. The van der Waals surface area contributed by atoms with Gasteiger partial charge in [-0.1, -0.05) is 51.7 Å². The fourth-order valence-electron chi connectivity index (χ4n) is 3.60. The Morgan fingerprint density at radius 1 is 1.38 bits per heavy atom. The Hall–Kier alpha value is -1.57. The number of nitrogens with zero attached hydrogens (tertiary/aromatic N) is 1. The van der Waals surface area contributed by atoms with E-state index in [2.05, 4.69) is 38.3 Å². The van der Waals surface area contributed by atoms with E-state index in [4.69, 9.17) is 9.92 Å². The van der Waals surface area contributed by atoms with Crippen LogP contribution in [-0.2, 0) is 4.65 Å². The van der Waals surface area contributed by atoms with Crippen molar-refractivity contribution < 1.29 is 9.76 Å². The molecule has 4 heteroatoms. The third-order valence-electron chi connectivity index (χ3n) is 5.34. The highest BCUT2D eigenvalue weighted by Crippen LogP contribution is 2.37. The molecule has 0 heterocycles. The van der Waals surface area contributed by atoms with Crippen molar-refractivity contribution in [1.29, 1.82) is 5.26 Å².